The first-order valence-electron chi connectivity index (χ1n) is 5.52. The van der Waals surface area contributed by atoms with Gasteiger partial charge in [0.1, 0.15) is 0 Å². The highest BCUT2D eigenvalue weighted by Gasteiger charge is 2.04. The van der Waals surface area contributed by atoms with Gasteiger partial charge in [0, 0.05) is 28.9 Å². The molecular weight excluding hydrogens is 293 g/mol. The molecule has 0 aliphatic rings. The lowest BCUT2D eigenvalue weighted by atomic mass is 10.2. The molecule has 0 saturated carbocycles. The van der Waals surface area contributed by atoms with E-state index in [1.54, 1.807) is 12.1 Å². The van der Waals surface area contributed by atoms with E-state index < -0.39 is 0 Å². The first-order chi connectivity index (χ1) is 8.63. The number of nitrogens with one attached hydrogen (secondary N) is 1. The van der Waals surface area contributed by atoms with Crippen LogP contribution >= 0.6 is 35.0 Å². The molecule has 0 fully saturated rings. The molecule has 0 saturated heterocycles. The normalized spacial score (nSPS) is 10.4. The molecule has 1 rings (SSSR count). The summed E-state index contributed by atoms with van der Waals surface area (Å²) in [5, 5.41) is 12.5. The second kappa shape index (κ2) is 8.64. The highest BCUT2D eigenvalue weighted by atomic mass is 35.5. The molecule has 3 nitrogen and oxygen atoms in total. The largest absolute Gasteiger partial charge is 0.396 e. The zero-order valence-electron chi connectivity index (χ0n) is 9.79. The van der Waals surface area contributed by atoms with Gasteiger partial charge < -0.3 is 10.4 Å². The van der Waals surface area contributed by atoms with Crippen molar-refractivity contribution in [1.29, 1.82) is 0 Å². The number of hydrogen-bond acceptors (Lipinski definition) is 3. The van der Waals surface area contributed by atoms with Gasteiger partial charge in [0.25, 0.3) is 0 Å². The molecule has 0 radical (unpaired) electrons. The number of hydrogen-bond donors (Lipinski definition) is 2. The van der Waals surface area contributed by atoms with Gasteiger partial charge in [-0.3, -0.25) is 4.79 Å². The molecule has 1 aromatic rings. The highest BCUT2D eigenvalue weighted by Crippen LogP contribution is 2.24. The van der Waals surface area contributed by atoms with Crippen LogP contribution in [0.25, 0.3) is 0 Å². The summed E-state index contributed by atoms with van der Waals surface area (Å²) in [6.07, 6.45) is 0.583. The molecule has 100 valence electrons. The monoisotopic (exact) mass is 307 g/mol. The fraction of sp³-hybridized carbons (Fsp3) is 0.417. The third kappa shape index (κ3) is 5.96. The molecule has 1 aromatic carbocycles. The van der Waals surface area contributed by atoms with Crippen LogP contribution in [0.3, 0.4) is 0 Å². The Kier molecular flexibility index (Phi) is 7.51. The Balaban J connectivity index is 2.26. The Bertz CT molecular complexity index is 402. The van der Waals surface area contributed by atoms with Gasteiger partial charge in [-0.25, -0.2) is 0 Å². The van der Waals surface area contributed by atoms with Crippen molar-refractivity contribution in [2.24, 2.45) is 0 Å². The highest BCUT2D eigenvalue weighted by molar-refractivity contribution is 7.99. The maximum Gasteiger partial charge on any atom is 0.230 e. The Hall–Kier alpha value is -0.420. The summed E-state index contributed by atoms with van der Waals surface area (Å²) in [6, 6.07) is 5.34. The summed E-state index contributed by atoms with van der Waals surface area (Å²) in [6.45, 7) is 0.603. The van der Waals surface area contributed by atoms with Gasteiger partial charge in [-0.15, -0.1) is 11.8 Å². The zero-order chi connectivity index (χ0) is 13.4. The lowest BCUT2D eigenvalue weighted by molar-refractivity contribution is -0.118. The van der Waals surface area contributed by atoms with Crippen LogP contribution in [0.15, 0.2) is 18.2 Å². The summed E-state index contributed by atoms with van der Waals surface area (Å²) in [4.78, 5) is 11.4. The number of amides is 1. The minimum Gasteiger partial charge on any atom is -0.396 e. The van der Waals surface area contributed by atoms with Crippen LogP contribution in [0.2, 0.25) is 10.0 Å². The predicted octanol–water partition coefficient (Wildman–Crippen LogP) is 2.73. The summed E-state index contributed by atoms with van der Waals surface area (Å²) in [7, 11) is 0. The van der Waals surface area contributed by atoms with Crippen LogP contribution in [0.5, 0.6) is 0 Å². The second-order valence-electron chi connectivity index (χ2n) is 3.66. The third-order valence-electron chi connectivity index (χ3n) is 2.16. The SMILES string of the molecule is O=C(CSCc1ccc(Cl)cc1Cl)NCCCO. The van der Waals surface area contributed by atoms with E-state index >= 15 is 0 Å². The minimum atomic E-state index is -0.0291. The van der Waals surface area contributed by atoms with Crippen LogP contribution in [0.4, 0.5) is 0 Å². The number of thioether (sulfide) groups is 1. The van der Waals surface area contributed by atoms with Gasteiger partial charge in [0.2, 0.25) is 5.91 Å². The van der Waals surface area contributed by atoms with Crippen molar-refractivity contribution in [2.75, 3.05) is 18.9 Å². The van der Waals surface area contributed by atoms with E-state index in [1.165, 1.54) is 11.8 Å². The lowest BCUT2D eigenvalue weighted by Gasteiger charge is -2.06. The van der Waals surface area contributed by atoms with Crippen LogP contribution in [-0.4, -0.2) is 29.9 Å². The van der Waals surface area contributed by atoms with Crippen molar-refractivity contribution < 1.29 is 9.90 Å². The third-order valence-corrected chi connectivity index (χ3v) is 3.73. The van der Waals surface area contributed by atoms with Gasteiger partial charge in [-0.1, -0.05) is 29.3 Å². The quantitative estimate of drug-likeness (QED) is 0.762. The maximum atomic E-state index is 11.4. The van der Waals surface area contributed by atoms with Crippen LogP contribution in [0.1, 0.15) is 12.0 Å². The molecule has 18 heavy (non-hydrogen) atoms. The van der Waals surface area contributed by atoms with Crippen molar-refractivity contribution in [3.05, 3.63) is 33.8 Å². The van der Waals surface area contributed by atoms with Crippen LogP contribution in [0, 0.1) is 0 Å². The Morgan fingerprint density at radius 2 is 2.17 bits per heavy atom. The summed E-state index contributed by atoms with van der Waals surface area (Å²) >= 11 is 13.3. The molecule has 0 spiro atoms. The average Bonchev–Trinajstić information content (AvgIpc) is 2.32. The van der Waals surface area contributed by atoms with Crippen molar-refractivity contribution in [2.45, 2.75) is 12.2 Å². The van der Waals surface area contributed by atoms with E-state index in [1.807, 2.05) is 6.07 Å². The fourth-order valence-electron chi connectivity index (χ4n) is 1.25. The molecule has 0 aliphatic heterocycles. The molecule has 0 unspecified atom stereocenters. The first-order valence-corrected chi connectivity index (χ1v) is 7.43. The Labute approximate surface area is 121 Å². The molecule has 2 N–H and O–H groups in total. The van der Waals surface area contributed by atoms with E-state index in [9.17, 15) is 4.79 Å². The number of carbonyl (C=O) groups is 1. The zero-order valence-corrected chi connectivity index (χ0v) is 12.1. The number of rotatable bonds is 7. The Morgan fingerprint density at radius 3 is 2.83 bits per heavy atom. The lowest BCUT2D eigenvalue weighted by Crippen LogP contribution is -2.26. The molecule has 0 heterocycles. The van der Waals surface area contributed by atoms with Gasteiger partial charge in [-0.05, 0) is 24.1 Å². The molecular formula is C12H15Cl2NO2S. The van der Waals surface area contributed by atoms with E-state index in [0.717, 1.165) is 5.56 Å². The van der Waals surface area contributed by atoms with E-state index in [2.05, 4.69) is 5.32 Å². The molecule has 0 bridgehead atoms. The van der Waals surface area contributed by atoms with Gasteiger partial charge in [0.05, 0.1) is 5.75 Å². The van der Waals surface area contributed by atoms with Crippen LogP contribution < -0.4 is 5.32 Å². The molecule has 0 atom stereocenters. The number of benzene rings is 1. The van der Waals surface area contributed by atoms with Crippen molar-refractivity contribution in [3.8, 4) is 0 Å². The topological polar surface area (TPSA) is 49.3 Å². The summed E-state index contributed by atoms with van der Waals surface area (Å²) < 4.78 is 0. The standard InChI is InChI=1S/C12H15Cl2NO2S/c13-10-3-2-9(11(14)6-10)7-18-8-12(17)15-4-1-5-16/h2-3,6,16H,1,4-5,7-8H2,(H,15,17). The Morgan fingerprint density at radius 1 is 1.39 bits per heavy atom. The molecule has 6 heteroatoms. The number of carbonyl (C=O) groups excluding carboxylic acids is 1. The van der Waals surface area contributed by atoms with Crippen molar-refractivity contribution >= 4 is 40.9 Å². The number of aliphatic hydroxyl groups excluding tert-OH is 1. The fourth-order valence-corrected chi connectivity index (χ4v) is 2.67. The van der Waals surface area contributed by atoms with Crippen LogP contribution in [-0.2, 0) is 10.5 Å². The maximum absolute atomic E-state index is 11.4. The second-order valence-corrected chi connectivity index (χ2v) is 5.48. The molecule has 0 aromatic heterocycles. The number of aliphatic hydroxyl groups is 1. The van der Waals surface area contributed by atoms with Crippen molar-refractivity contribution in [3.63, 3.8) is 0 Å². The average molecular weight is 308 g/mol. The van der Waals surface area contributed by atoms with Gasteiger partial charge in [-0.2, -0.15) is 0 Å². The van der Waals surface area contributed by atoms with E-state index in [4.69, 9.17) is 28.3 Å². The number of halogens is 2. The van der Waals surface area contributed by atoms with Gasteiger partial charge >= 0.3 is 0 Å². The smallest absolute Gasteiger partial charge is 0.230 e. The summed E-state index contributed by atoms with van der Waals surface area (Å²) in [5.41, 5.74) is 0.967. The van der Waals surface area contributed by atoms with Gasteiger partial charge in [0.15, 0.2) is 0 Å². The molecule has 0 aliphatic carbocycles. The van der Waals surface area contributed by atoms with E-state index in [0.29, 0.717) is 34.5 Å². The van der Waals surface area contributed by atoms with Crippen molar-refractivity contribution in [1.82, 2.24) is 5.32 Å². The molecule has 1 amide bonds. The summed E-state index contributed by atoms with van der Waals surface area (Å²) in [5.74, 6) is 1.02. The van der Waals surface area contributed by atoms with E-state index in [-0.39, 0.29) is 12.5 Å². The first kappa shape index (κ1) is 15.6. The minimum absolute atomic E-state index is 0.0291. The predicted molar refractivity (Wildman–Crippen MR) is 77.3 cm³/mol.